The molecule has 0 heterocycles. The summed E-state index contributed by atoms with van der Waals surface area (Å²) >= 11 is 0. The monoisotopic (exact) mass is 321 g/mol. The topological polar surface area (TPSA) is 122 Å². The van der Waals surface area contributed by atoms with Crippen LogP contribution in [0.2, 0.25) is 0 Å². The highest BCUT2D eigenvalue weighted by atomic mass is 16.6. The zero-order chi connectivity index (χ0) is 16.8. The van der Waals surface area contributed by atoms with E-state index in [1.165, 1.54) is 6.07 Å². The molecule has 0 aromatic heterocycles. The zero-order valence-electron chi connectivity index (χ0n) is 12.5. The van der Waals surface area contributed by atoms with Gasteiger partial charge in [0, 0.05) is 12.1 Å². The fourth-order valence-electron chi connectivity index (χ4n) is 2.72. The zero-order valence-corrected chi connectivity index (χ0v) is 12.5. The Morgan fingerprint density at radius 2 is 1.87 bits per heavy atom. The van der Waals surface area contributed by atoms with Crippen molar-refractivity contribution in [3.63, 3.8) is 0 Å². The van der Waals surface area contributed by atoms with Crippen molar-refractivity contribution in [2.75, 3.05) is 11.9 Å². The Hall–Kier alpha value is -2.64. The van der Waals surface area contributed by atoms with Gasteiger partial charge in [0.1, 0.15) is 5.69 Å². The smallest absolute Gasteiger partial charge is 0.306 e. The molecule has 1 aromatic carbocycles. The van der Waals surface area contributed by atoms with Crippen LogP contribution in [0.15, 0.2) is 24.3 Å². The number of hydrogen-bond donors (Lipinski definition) is 3. The van der Waals surface area contributed by atoms with E-state index >= 15 is 0 Å². The number of hydrogen-bond acceptors (Lipinski definition) is 5. The summed E-state index contributed by atoms with van der Waals surface area (Å²) in [4.78, 5) is 33.2. The molecule has 1 saturated carbocycles. The molecule has 1 aromatic rings. The average Bonchev–Trinajstić information content (AvgIpc) is 2.53. The van der Waals surface area contributed by atoms with Gasteiger partial charge < -0.3 is 15.7 Å². The normalized spacial score (nSPS) is 20.5. The predicted molar refractivity (Wildman–Crippen MR) is 83.1 cm³/mol. The molecule has 1 fully saturated rings. The highest BCUT2D eigenvalue weighted by Gasteiger charge is 2.26. The van der Waals surface area contributed by atoms with Crippen molar-refractivity contribution in [2.24, 2.45) is 5.92 Å². The fraction of sp³-hybridized carbons (Fsp3) is 0.467. The molecule has 8 nitrogen and oxygen atoms in total. The van der Waals surface area contributed by atoms with Crippen LogP contribution in [0.4, 0.5) is 11.4 Å². The number of benzene rings is 1. The summed E-state index contributed by atoms with van der Waals surface area (Å²) in [6, 6.07) is 6.09. The number of anilines is 1. The lowest BCUT2D eigenvalue weighted by atomic mass is 9.86. The van der Waals surface area contributed by atoms with E-state index in [0.29, 0.717) is 31.4 Å². The second-order valence-electron chi connectivity index (χ2n) is 5.58. The summed E-state index contributed by atoms with van der Waals surface area (Å²) in [5, 5.41) is 25.4. The van der Waals surface area contributed by atoms with Gasteiger partial charge in [0.05, 0.1) is 17.4 Å². The molecule has 0 saturated heterocycles. The van der Waals surface area contributed by atoms with Crippen LogP contribution in [-0.4, -0.2) is 34.5 Å². The highest BCUT2D eigenvalue weighted by Crippen LogP contribution is 2.25. The van der Waals surface area contributed by atoms with Crippen LogP contribution in [0.3, 0.4) is 0 Å². The van der Waals surface area contributed by atoms with Crippen LogP contribution in [-0.2, 0) is 9.59 Å². The predicted octanol–water partition coefficient (Wildman–Crippen LogP) is 1.77. The third kappa shape index (κ3) is 4.67. The van der Waals surface area contributed by atoms with Crippen molar-refractivity contribution >= 4 is 23.3 Å². The van der Waals surface area contributed by atoms with Crippen LogP contribution >= 0.6 is 0 Å². The van der Waals surface area contributed by atoms with E-state index in [-0.39, 0.29) is 30.1 Å². The first kappa shape index (κ1) is 16.7. The summed E-state index contributed by atoms with van der Waals surface area (Å²) in [7, 11) is 0. The molecule has 124 valence electrons. The molecule has 0 unspecified atom stereocenters. The average molecular weight is 321 g/mol. The summed E-state index contributed by atoms with van der Waals surface area (Å²) in [6.07, 6.45) is 2.37. The van der Waals surface area contributed by atoms with Gasteiger partial charge in [-0.25, -0.2) is 0 Å². The largest absolute Gasteiger partial charge is 0.481 e. The number of nitro benzene ring substituents is 1. The number of carbonyl (C=O) groups is 2. The number of para-hydroxylation sites is 2. The second kappa shape index (κ2) is 7.57. The van der Waals surface area contributed by atoms with E-state index in [4.69, 9.17) is 5.11 Å². The van der Waals surface area contributed by atoms with Crippen LogP contribution in [0, 0.1) is 16.0 Å². The number of carboxylic acids is 1. The van der Waals surface area contributed by atoms with Crippen molar-refractivity contribution < 1.29 is 19.6 Å². The number of nitro groups is 1. The summed E-state index contributed by atoms with van der Waals surface area (Å²) < 4.78 is 0. The Bertz CT molecular complexity index is 597. The maximum atomic E-state index is 11.9. The second-order valence-corrected chi connectivity index (χ2v) is 5.58. The Morgan fingerprint density at radius 3 is 2.48 bits per heavy atom. The number of rotatable bonds is 6. The van der Waals surface area contributed by atoms with Gasteiger partial charge in [-0.15, -0.1) is 0 Å². The van der Waals surface area contributed by atoms with Crippen LogP contribution < -0.4 is 10.6 Å². The molecule has 1 amide bonds. The maximum absolute atomic E-state index is 11.9. The molecule has 0 spiro atoms. The lowest BCUT2D eigenvalue weighted by Gasteiger charge is -2.26. The Balaban J connectivity index is 1.80. The fourth-order valence-corrected chi connectivity index (χ4v) is 2.72. The number of nitrogens with zero attached hydrogens (tertiary/aromatic N) is 1. The molecule has 8 heteroatoms. The van der Waals surface area contributed by atoms with E-state index in [9.17, 15) is 19.7 Å². The van der Waals surface area contributed by atoms with Gasteiger partial charge >= 0.3 is 5.97 Å². The van der Waals surface area contributed by atoms with Gasteiger partial charge in [0.2, 0.25) is 5.91 Å². The van der Waals surface area contributed by atoms with E-state index in [1.54, 1.807) is 18.2 Å². The van der Waals surface area contributed by atoms with Gasteiger partial charge in [-0.2, -0.15) is 0 Å². The van der Waals surface area contributed by atoms with Gasteiger partial charge in [-0.3, -0.25) is 19.7 Å². The molecule has 0 bridgehead atoms. The third-order valence-corrected chi connectivity index (χ3v) is 3.98. The van der Waals surface area contributed by atoms with Gasteiger partial charge in [-0.05, 0) is 31.7 Å². The van der Waals surface area contributed by atoms with E-state index in [2.05, 4.69) is 10.6 Å². The number of carboxylic acid groups (broad SMARTS) is 1. The molecule has 0 aliphatic heterocycles. The SMILES string of the molecule is O=C(CNc1ccccc1[N+](=O)[O-])NC1CCC(C(=O)O)CC1. The Labute approximate surface area is 133 Å². The molecular formula is C15H19N3O5. The van der Waals surface area contributed by atoms with Crippen molar-refractivity contribution in [1.82, 2.24) is 5.32 Å². The Morgan fingerprint density at radius 1 is 1.22 bits per heavy atom. The van der Waals surface area contributed by atoms with Crippen molar-refractivity contribution in [2.45, 2.75) is 31.7 Å². The molecule has 1 aliphatic rings. The standard InChI is InChI=1S/C15H19N3O5/c19-14(17-11-7-5-10(6-8-11)15(20)21)9-16-12-3-1-2-4-13(12)18(22)23/h1-4,10-11,16H,5-9H2,(H,17,19)(H,20,21). The van der Waals surface area contributed by atoms with E-state index in [0.717, 1.165) is 0 Å². The van der Waals surface area contributed by atoms with E-state index in [1.807, 2.05) is 0 Å². The minimum absolute atomic E-state index is 0.0364. The first-order valence-electron chi connectivity index (χ1n) is 7.47. The lowest BCUT2D eigenvalue weighted by molar-refractivity contribution is -0.383. The minimum Gasteiger partial charge on any atom is -0.481 e. The molecule has 23 heavy (non-hydrogen) atoms. The number of amides is 1. The van der Waals surface area contributed by atoms with Crippen molar-refractivity contribution in [3.05, 3.63) is 34.4 Å². The number of aliphatic carboxylic acids is 1. The van der Waals surface area contributed by atoms with Crippen LogP contribution in [0.1, 0.15) is 25.7 Å². The van der Waals surface area contributed by atoms with E-state index < -0.39 is 10.9 Å². The van der Waals surface area contributed by atoms with Crippen LogP contribution in [0.25, 0.3) is 0 Å². The van der Waals surface area contributed by atoms with Crippen molar-refractivity contribution in [1.29, 1.82) is 0 Å². The number of nitrogens with one attached hydrogen (secondary N) is 2. The van der Waals surface area contributed by atoms with Crippen molar-refractivity contribution in [3.8, 4) is 0 Å². The molecule has 0 atom stereocenters. The van der Waals surface area contributed by atoms with Gasteiger partial charge in [0.15, 0.2) is 0 Å². The molecule has 2 rings (SSSR count). The lowest BCUT2D eigenvalue weighted by Crippen LogP contribution is -2.41. The first-order chi connectivity index (χ1) is 11.0. The van der Waals surface area contributed by atoms with Crippen LogP contribution in [0.5, 0.6) is 0 Å². The molecule has 0 radical (unpaired) electrons. The molecule has 1 aliphatic carbocycles. The molecular weight excluding hydrogens is 302 g/mol. The van der Waals surface area contributed by atoms with Gasteiger partial charge in [0.25, 0.3) is 5.69 Å². The summed E-state index contributed by atoms with van der Waals surface area (Å²) in [6.45, 7) is -0.0658. The quantitative estimate of drug-likeness (QED) is 0.542. The number of carbonyl (C=O) groups excluding carboxylic acids is 1. The maximum Gasteiger partial charge on any atom is 0.306 e. The first-order valence-corrected chi connectivity index (χ1v) is 7.47. The Kier molecular flexibility index (Phi) is 5.51. The molecule has 3 N–H and O–H groups in total. The van der Waals surface area contributed by atoms with Gasteiger partial charge in [-0.1, -0.05) is 12.1 Å². The summed E-state index contributed by atoms with van der Waals surface area (Å²) in [5.41, 5.74) is 0.213. The minimum atomic E-state index is -0.784. The highest BCUT2D eigenvalue weighted by molar-refractivity contribution is 5.82. The summed E-state index contributed by atoms with van der Waals surface area (Å²) in [5.74, 6) is -1.37. The third-order valence-electron chi connectivity index (χ3n) is 3.98.